The number of hydrogen-bond donors (Lipinski definition) is 0. The van der Waals surface area contributed by atoms with E-state index in [1.807, 2.05) is 0 Å². The Kier molecular flexibility index (Phi) is 4.73. The van der Waals surface area contributed by atoms with Gasteiger partial charge in [0.1, 0.15) is 0 Å². The lowest BCUT2D eigenvalue weighted by Crippen LogP contribution is -2.12. The summed E-state index contributed by atoms with van der Waals surface area (Å²) in [6.07, 6.45) is 4.97. The van der Waals surface area contributed by atoms with Crippen molar-refractivity contribution in [1.82, 2.24) is 0 Å². The molecule has 0 aliphatic heterocycles. The van der Waals surface area contributed by atoms with Crippen LogP contribution in [0.15, 0.2) is 0 Å². The fourth-order valence-electron chi connectivity index (χ4n) is 1.65. The highest BCUT2D eigenvalue weighted by molar-refractivity contribution is 6.61. The molecule has 0 saturated heterocycles. The molecule has 1 rings (SSSR count). The maximum atomic E-state index is 11.1. The van der Waals surface area contributed by atoms with Gasteiger partial charge >= 0.3 is 11.4 Å². The zero-order valence-corrected chi connectivity index (χ0v) is 8.59. The second-order valence-electron chi connectivity index (χ2n) is 3.37. The minimum atomic E-state index is -0.960. The number of ether oxygens (including phenoxy) is 2. The Balaban J connectivity index is 2.06. The molecule has 0 amide bonds. The van der Waals surface area contributed by atoms with E-state index in [4.69, 9.17) is 11.6 Å². The molecule has 1 fully saturated rings. The molecule has 14 heavy (non-hydrogen) atoms. The molecule has 5 heteroatoms. The van der Waals surface area contributed by atoms with E-state index in [0.717, 1.165) is 12.8 Å². The van der Waals surface area contributed by atoms with Crippen molar-refractivity contribution in [3.8, 4) is 0 Å². The average Bonchev–Trinajstić information content (AvgIpc) is 2.56. The molecule has 1 aliphatic carbocycles. The van der Waals surface area contributed by atoms with Gasteiger partial charge in [0.2, 0.25) is 6.79 Å². The third-order valence-corrected chi connectivity index (χ3v) is 2.43. The van der Waals surface area contributed by atoms with Crippen LogP contribution in [-0.4, -0.2) is 18.2 Å². The van der Waals surface area contributed by atoms with Crippen LogP contribution in [0.5, 0.6) is 0 Å². The van der Waals surface area contributed by atoms with E-state index >= 15 is 0 Å². The van der Waals surface area contributed by atoms with E-state index in [0.29, 0.717) is 12.3 Å². The second-order valence-corrected chi connectivity index (χ2v) is 3.68. The summed E-state index contributed by atoms with van der Waals surface area (Å²) in [6, 6.07) is 0. The van der Waals surface area contributed by atoms with Crippen molar-refractivity contribution >= 4 is 23.0 Å². The van der Waals surface area contributed by atoms with E-state index in [9.17, 15) is 9.59 Å². The van der Waals surface area contributed by atoms with Crippen LogP contribution in [0.1, 0.15) is 32.1 Å². The van der Waals surface area contributed by atoms with Gasteiger partial charge in [0.05, 0.1) is 0 Å². The Morgan fingerprint density at radius 2 is 1.86 bits per heavy atom. The zero-order chi connectivity index (χ0) is 10.4. The Labute approximate surface area is 87.5 Å². The van der Waals surface area contributed by atoms with Gasteiger partial charge in [-0.25, -0.2) is 4.79 Å². The van der Waals surface area contributed by atoms with Crippen LogP contribution in [0.4, 0.5) is 4.79 Å². The van der Waals surface area contributed by atoms with Crippen molar-refractivity contribution in [3.05, 3.63) is 0 Å². The summed E-state index contributed by atoms with van der Waals surface area (Å²) < 4.78 is 8.91. The van der Waals surface area contributed by atoms with Crippen molar-refractivity contribution in [2.45, 2.75) is 32.1 Å². The predicted molar refractivity (Wildman–Crippen MR) is 49.9 cm³/mol. The monoisotopic (exact) mass is 220 g/mol. The second kappa shape index (κ2) is 5.86. The lowest BCUT2D eigenvalue weighted by molar-refractivity contribution is -0.152. The van der Waals surface area contributed by atoms with Crippen LogP contribution in [0.3, 0.4) is 0 Å². The molecule has 0 spiro atoms. The number of carbonyl (C=O) groups is 2. The van der Waals surface area contributed by atoms with Crippen molar-refractivity contribution < 1.29 is 19.1 Å². The average molecular weight is 221 g/mol. The maximum Gasteiger partial charge on any atom is 0.406 e. The van der Waals surface area contributed by atoms with E-state index in [-0.39, 0.29) is 12.8 Å². The summed E-state index contributed by atoms with van der Waals surface area (Å²) in [6.45, 7) is -0.381. The van der Waals surface area contributed by atoms with E-state index < -0.39 is 5.43 Å². The van der Waals surface area contributed by atoms with Gasteiger partial charge in [0, 0.05) is 18.0 Å². The quantitative estimate of drug-likeness (QED) is 0.415. The smallest absolute Gasteiger partial charge is 0.406 e. The Hall–Kier alpha value is -0.770. The van der Waals surface area contributed by atoms with Crippen LogP contribution in [0, 0.1) is 5.92 Å². The highest BCUT2D eigenvalue weighted by atomic mass is 35.5. The van der Waals surface area contributed by atoms with Gasteiger partial charge in [-0.05, 0) is 18.8 Å². The van der Waals surface area contributed by atoms with Crippen LogP contribution >= 0.6 is 11.6 Å². The highest BCUT2D eigenvalue weighted by Crippen LogP contribution is 2.27. The first-order valence-corrected chi connectivity index (χ1v) is 5.04. The van der Waals surface area contributed by atoms with Crippen LogP contribution in [-0.2, 0) is 14.3 Å². The van der Waals surface area contributed by atoms with Gasteiger partial charge in [-0.1, -0.05) is 12.8 Å². The first kappa shape index (κ1) is 11.3. The highest BCUT2D eigenvalue weighted by Gasteiger charge is 2.19. The lowest BCUT2D eigenvalue weighted by atomic mass is 10.1. The van der Waals surface area contributed by atoms with Crippen LogP contribution in [0.2, 0.25) is 0 Å². The van der Waals surface area contributed by atoms with Crippen LogP contribution in [0.25, 0.3) is 0 Å². The van der Waals surface area contributed by atoms with Gasteiger partial charge in [-0.15, -0.1) is 0 Å². The number of esters is 1. The zero-order valence-electron chi connectivity index (χ0n) is 7.83. The summed E-state index contributed by atoms with van der Waals surface area (Å²) in [5.41, 5.74) is -0.960. The summed E-state index contributed by atoms with van der Waals surface area (Å²) >= 11 is 4.88. The molecule has 4 nitrogen and oxygen atoms in total. The Morgan fingerprint density at radius 3 is 2.43 bits per heavy atom. The molecule has 1 aliphatic rings. The van der Waals surface area contributed by atoms with Crippen molar-refractivity contribution in [1.29, 1.82) is 0 Å². The molecular weight excluding hydrogens is 208 g/mol. The topological polar surface area (TPSA) is 52.6 Å². The lowest BCUT2D eigenvalue weighted by Gasteiger charge is -2.07. The summed E-state index contributed by atoms with van der Waals surface area (Å²) in [4.78, 5) is 21.2. The van der Waals surface area contributed by atoms with Crippen molar-refractivity contribution in [2.24, 2.45) is 5.92 Å². The van der Waals surface area contributed by atoms with E-state index in [1.54, 1.807) is 0 Å². The number of halogens is 1. The third kappa shape index (κ3) is 4.46. The van der Waals surface area contributed by atoms with Gasteiger partial charge in [0.15, 0.2) is 0 Å². The molecule has 0 aromatic carbocycles. The molecule has 0 N–H and O–H groups in total. The molecule has 0 heterocycles. The summed E-state index contributed by atoms with van der Waals surface area (Å²) in [5, 5.41) is 0. The molecule has 80 valence electrons. The van der Waals surface area contributed by atoms with Crippen molar-refractivity contribution in [2.75, 3.05) is 6.79 Å². The first-order chi connectivity index (χ1) is 6.68. The summed E-state index contributed by atoms with van der Waals surface area (Å²) in [7, 11) is 0. The fraction of sp³-hybridized carbons (Fsp3) is 0.778. The normalized spacial score (nSPS) is 16.6. The molecule has 0 aromatic heterocycles. The van der Waals surface area contributed by atoms with Gasteiger partial charge in [0.25, 0.3) is 0 Å². The Morgan fingerprint density at radius 1 is 1.21 bits per heavy atom. The summed E-state index contributed by atoms with van der Waals surface area (Å²) in [5.74, 6) is 0.115. The van der Waals surface area contributed by atoms with E-state index in [1.165, 1.54) is 12.8 Å². The van der Waals surface area contributed by atoms with Gasteiger partial charge < -0.3 is 9.47 Å². The number of hydrogen-bond acceptors (Lipinski definition) is 4. The standard InChI is InChI=1S/C9H13ClO4/c10-9(12)14-6-13-8(11)5-7-3-1-2-4-7/h7H,1-6H2. The van der Waals surface area contributed by atoms with Crippen LogP contribution < -0.4 is 0 Å². The minimum absolute atomic E-state index is 0.324. The fourth-order valence-corrected chi connectivity index (χ4v) is 1.70. The Bertz CT molecular complexity index is 211. The largest absolute Gasteiger partial charge is 0.428 e. The number of rotatable bonds is 4. The molecule has 0 unspecified atom stereocenters. The molecule has 1 saturated carbocycles. The van der Waals surface area contributed by atoms with E-state index in [2.05, 4.69) is 9.47 Å². The first-order valence-electron chi connectivity index (χ1n) is 4.66. The molecule has 0 bridgehead atoms. The maximum absolute atomic E-state index is 11.1. The SMILES string of the molecule is O=C(Cl)OCOC(=O)CC1CCCC1. The molecule has 0 aromatic rings. The number of carbonyl (C=O) groups excluding carboxylic acids is 2. The molecule has 0 radical (unpaired) electrons. The van der Waals surface area contributed by atoms with Gasteiger partial charge in [-0.3, -0.25) is 4.79 Å². The van der Waals surface area contributed by atoms with Crippen molar-refractivity contribution in [3.63, 3.8) is 0 Å². The molecule has 0 atom stereocenters. The van der Waals surface area contributed by atoms with Gasteiger partial charge in [-0.2, -0.15) is 0 Å². The predicted octanol–water partition coefficient (Wildman–Crippen LogP) is 2.44. The minimum Gasteiger partial charge on any atom is -0.428 e. The third-order valence-electron chi connectivity index (χ3n) is 2.32. The molecular formula is C9H13ClO4.